The third-order valence-electron chi connectivity index (χ3n) is 6.15. The minimum absolute atomic E-state index is 0.0279. The number of aromatic amines is 1. The van der Waals surface area contributed by atoms with Crippen LogP contribution in [-0.2, 0) is 33.7 Å². The number of halogens is 1. The third-order valence-corrected chi connectivity index (χ3v) is 6.15. The standard InChI is InChI=1S/C23H27FN4O4/c1-32-14-21(30)27-11-9-18-16(13-27)23(31)26-22(25-18)19-8-4-5-10-28(19)20(29)12-15-6-2-3-7-17(15)24/h2-3,6-7,19H,4-5,8-14H2,1H3,(H,25,26,31). The zero-order chi connectivity index (χ0) is 22.7. The van der Waals surface area contributed by atoms with Crippen molar-refractivity contribution in [3.8, 4) is 0 Å². The fourth-order valence-corrected chi connectivity index (χ4v) is 4.45. The van der Waals surface area contributed by atoms with E-state index < -0.39 is 5.82 Å². The van der Waals surface area contributed by atoms with E-state index in [4.69, 9.17) is 9.72 Å². The fraction of sp³-hybridized carbons (Fsp3) is 0.478. The molecule has 1 aromatic carbocycles. The summed E-state index contributed by atoms with van der Waals surface area (Å²) in [6.45, 7) is 1.17. The number of fused-ring (bicyclic) bond motifs is 1. The Morgan fingerprint density at radius 3 is 2.81 bits per heavy atom. The maximum Gasteiger partial charge on any atom is 0.256 e. The molecule has 1 unspecified atom stereocenters. The van der Waals surface area contributed by atoms with E-state index in [1.54, 1.807) is 28.0 Å². The van der Waals surface area contributed by atoms with Crippen molar-refractivity contribution in [3.05, 3.63) is 63.1 Å². The van der Waals surface area contributed by atoms with Crippen LogP contribution in [0.25, 0.3) is 0 Å². The van der Waals surface area contributed by atoms with Crippen molar-refractivity contribution in [2.75, 3.05) is 26.8 Å². The molecule has 9 heteroatoms. The number of carbonyl (C=O) groups is 2. The summed E-state index contributed by atoms with van der Waals surface area (Å²) in [6.07, 6.45) is 2.88. The maximum absolute atomic E-state index is 14.0. The van der Waals surface area contributed by atoms with Gasteiger partial charge in [-0.25, -0.2) is 9.37 Å². The molecule has 3 heterocycles. The van der Waals surface area contributed by atoms with Crippen molar-refractivity contribution in [2.45, 2.75) is 44.7 Å². The van der Waals surface area contributed by atoms with E-state index in [1.165, 1.54) is 13.2 Å². The van der Waals surface area contributed by atoms with Crippen LogP contribution in [0.4, 0.5) is 4.39 Å². The average Bonchev–Trinajstić information content (AvgIpc) is 2.80. The summed E-state index contributed by atoms with van der Waals surface area (Å²) < 4.78 is 19.0. The lowest BCUT2D eigenvalue weighted by molar-refractivity contribution is -0.136. The minimum atomic E-state index is -0.401. The van der Waals surface area contributed by atoms with Gasteiger partial charge in [0.15, 0.2) is 0 Å². The molecule has 32 heavy (non-hydrogen) atoms. The van der Waals surface area contributed by atoms with Gasteiger partial charge in [-0.15, -0.1) is 0 Å². The number of carbonyl (C=O) groups excluding carboxylic acids is 2. The molecule has 0 saturated carbocycles. The van der Waals surface area contributed by atoms with Crippen LogP contribution in [0.1, 0.15) is 47.9 Å². The first-order valence-corrected chi connectivity index (χ1v) is 10.9. The molecule has 170 valence electrons. The number of methoxy groups -OCH3 is 1. The Morgan fingerprint density at radius 1 is 1.22 bits per heavy atom. The molecule has 1 atom stereocenters. The highest BCUT2D eigenvalue weighted by atomic mass is 19.1. The molecular formula is C23H27FN4O4. The van der Waals surface area contributed by atoms with E-state index in [-0.39, 0.29) is 43.0 Å². The van der Waals surface area contributed by atoms with Gasteiger partial charge >= 0.3 is 0 Å². The van der Waals surface area contributed by atoms with Crippen LogP contribution in [0.3, 0.4) is 0 Å². The lowest BCUT2D eigenvalue weighted by Crippen LogP contribution is -2.43. The summed E-state index contributed by atoms with van der Waals surface area (Å²) in [5, 5.41) is 0. The first kappa shape index (κ1) is 22.1. The lowest BCUT2D eigenvalue weighted by Gasteiger charge is -2.36. The van der Waals surface area contributed by atoms with Crippen LogP contribution in [0.2, 0.25) is 0 Å². The first-order valence-electron chi connectivity index (χ1n) is 10.9. The predicted octanol–water partition coefficient (Wildman–Crippen LogP) is 1.74. The predicted molar refractivity (Wildman–Crippen MR) is 114 cm³/mol. The zero-order valence-electron chi connectivity index (χ0n) is 18.1. The highest BCUT2D eigenvalue weighted by Crippen LogP contribution is 2.30. The summed E-state index contributed by atoms with van der Waals surface area (Å²) in [6, 6.07) is 5.91. The van der Waals surface area contributed by atoms with Crippen LogP contribution in [0.5, 0.6) is 0 Å². The molecule has 8 nitrogen and oxygen atoms in total. The first-order chi connectivity index (χ1) is 15.5. The number of benzene rings is 1. The van der Waals surface area contributed by atoms with Gasteiger partial charge in [0.25, 0.3) is 5.56 Å². The van der Waals surface area contributed by atoms with Crippen molar-refractivity contribution in [1.29, 1.82) is 0 Å². The van der Waals surface area contributed by atoms with Gasteiger partial charge < -0.3 is 19.5 Å². The summed E-state index contributed by atoms with van der Waals surface area (Å²) in [4.78, 5) is 48.9. The number of H-pyrrole nitrogens is 1. The number of nitrogens with zero attached hydrogens (tertiary/aromatic N) is 3. The Balaban J connectivity index is 1.56. The van der Waals surface area contributed by atoms with E-state index >= 15 is 0 Å². The molecule has 2 aliphatic heterocycles. The van der Waals surface area contributed by atoms with Crippen LogP contribution in [0.15, 0.2) is 29.1 Å². The van der Waals surface area contributed by atoms with Crippen molar-refractivity contribution >= 4 is 11.8 Å². The largest absolute Gasteiger partial charge is 0.375 e. The maximum atomic E-state index is 14.0. The van der Waals surface area contributed by atoms with Crippen molar-refractivity contribution in [2.24, 2.45) is 0 Å². The average molecular weight is 442 g/mol. The molecular weight excluding hydrogens is 415 g/mol. The number of rotatable bonds is 5. The number of hydrogen-bond acceptors (Lipinski definition) is 5. The van der Waals surface area contributed by atoms with Gasteiger partial charge in [-0.2, -0.15) is 0 Å². The molecule has 0 aliphatic carbocycles. The Labute approximate surface area is 185 Å². The number of piperidine rings is 1. The smallest absolute Gasteiger partial charge is 0.256 e. The van der Waals surface area contributed by atoms with Crippen molar-refractivity contribution in [3.63, 3.8) is 0 Å². The zero-order valence-corrected chi connectivity index (χ0v) is 18.1. The number of nitrogens with one attached hydrogen (secondary N) is 1. The highest BCUT2D eigenvalue weighted by Gasteiger charge is 2.32. The lowest BCUT2D eigenvalue weighted by atomic mass is 9.99. The Hall–Kier alpha value is -3.07. The van der Waals surface area contributed by atoms with Gasteiger partial charge in [0.1, 0.15) is 18.2 Å². The summed E-state index contributed by atoms with van der Waals surface area (Å²) in [5.74, 6) is -0.287. The SMILES string of the molecule is COCC(=O)N1CCc2nc(C3CCCCN3C(=O)Cc3ccccc3F)[nH]c(=O)c2C1. The van der Waals surface area contributed by atoms with E-state index in [1.807, 2.05) is 0 Å². The quantitative estimate of drug-likeness (QED) is 0.761. The Morgan fingerprint density at radius 2 is 2.03 bits per heavy atom. The van der Waals surface area contributed by atoms with Crippen LogP contribution >= 0.6 is 0 Å². The monoisotopic (exact) mass is 442 g/mol. The molecule has 2 aliphatic rings. The van der Waals surface area contributed by atoms with Crippen LogP contribution in [0, 0.1) is 5.82 Å². The molecule has 1 N–H and O–H groups in total. The van der Waals surface area contributed by atoms with Crippen molar-refractivity contribution in [1.82, 2.24) is 19.8 Å². The molecule has 0 radical (unpaired) electrons. The van der Waals surface area contributed by atoms with Gasteiger partial charge in [0, 0.05) is 26.6 Å². The summed E-state index contributed by atoms with van der Waals surface area (Å²) >= 11 is 0. The van der Waals surface area contributed by atoms with Gasteiger partial charge in [-0.1, -0.05) is 18.2 Å². The van der Waals surface area contributed by atoms with Crippen LogP contribution in [-0.4, -0.2) is 58.4 Å². The number of aromatic nitrogens is 2. The van der Waals surface area contributed by atoms with E-state index in [2.05, 4.69) is 4.98 Å². The molecule has 4 rings (SSSR count). The molecule has 1 saturated heterocycles. The van der Waals surface area contributed by atoms with Crippen molar-refractivity contribution < 1.29 is 18.7 Å². The number of hydrogen-bond donors (Lipinski definition) is 1. The van der Waals surface area contributed by atoms with E-state index in [9.17, 15) is 18.8 Å². The van der Waals surface area contributed by atoms with E-state index in [0.29, 0.717) is 48.6 Å². The molecule has 1 aromatic heterocycles. The van der Waals surface area contributed by atoms with Gasteiger partial charge in [0.05, 0.1) is 30.3 Å². The molecule has 2 aromatic rings. The normalized spacial score (nSPS) is 18.4. The van der Waals surface area contributed by atoms with Gasteiger partial charge in [0.2, 0.25) is 11.8 Å². The number of ether oxygens (including phenoxy) is 1. The molecule has 2 amide bonds. The van der Waals surface area contributed by atoms with Crippen LogP contribution < -0.4 is 5.56 Å². The molecule has 1 fully saturated rings. The summed E-state index contributed by atoms with van der Waals surface area (Å²) in [5.41, 5.74) is 1.21. The molecule has 0 bridgehead atoms. The van der Waals surface area contributed by atoms with Gasteiger partial charge in [-0.3, -0.25) is 14.4 Å². The summed E-state index contributed by atoms with van der Waals surface area (Å²) in [7, 11) is 1.46. The third kappa shape index (κ3) is 4.57. The fourth-order valence-electron chi connectivity index (χ4n) is 4.45. The number of likely N-dealkylation sites (tertiary alicyclic amines) is 1. The highest BCUT2D eigenvalue weighted by molar-refractivity contribution is 5.79. The Bertz CT molecular complexity index is 1070. The Kier molecular flexibility index (Phi) is 6.64. The minimum Gasteiger partial charge on any atom is -0.375 e. The number of amides is 2. The van der Waals surface area contributed by atoms with Gasteiger partial charge in [-0.05, 0) is 30.9 Å². The second-order valence-electron chi connectivity index (χ2n) is 8.24. The topological polar surface area (TPSA) is 95.6 Å². The second-order valence-corrected chi connectivity index (χ2v) is 8.24. The van der Waals surface area contributed by atoms with E-state index in [0.717, 1.165) is 12.8 Å². The second kappa shape index (κ2) is 9.60. The molecule has 0 spiro atoms.